The van der Waals surface area contributed by atoms with Crippen LogP contribution in [-0.2, 0) is 11.2 Å². The number of rotatable bonds is 5. The quantitative estimate of drug-likeness (QED) is 0.525. The molecule has 0 aliphatic carbocycles. The number of halogens is 1. The molecule has 0 saturated heterocycles. The highest BCUT2D eigenvalue weighted by molar-refractivity contribution is 9.10. The molecule has 4 nitrogen and oxygen atoms in total. The van der Waals surface area contributed by atoms with Crippen LogP contribution in [0.5, 0.6) is 0 Å². The van der Waals surface area contributed by atoms with Crippen molar-refractivity contribution >= 4 is 28.1 Å². The number of furan rings is 1. The van der Waals surface area contributed by atoms with Gasteiger partial charge in [-0.25, -0.2) is 5.43 Å². The summed E-state index contributed by atoms with van der Waals surface area (Å²) in [6.07, 6.45) is 1.78. The summed E-state index contributed by atoms with van der Waals surface area (Å²) in [5, 5.41) is 3.93. The summed E-state index contributed by atoms with van der Waals surface area (Å²) >= 11 is 3.44. The third-order valence-electron chi connectivity index (χ3n) is 3.32. The van der Waals surface area contributed by atoms with Crippen LogP contribution in [0.2, 0.25) is 0 Å². The molecule has 0 bridgehead atoms. The van der Waals surface area contributed by atoms with Gasteiger partial charge in [-0.05, 0) is 29.8 Å². The van der Waals surface area contributed by atoms with Crippen molar-refractivity contribution in [2.45, 2.75) is 6.42 Å². The lowest BCUT2D eigenvalue weighted by atomic mass is 10.1. The number of benzene rings is 2. The number of hydrogen-bond acceptors (Lipinski definition) is 3. The van der Waals surface area contributed by atoms with Gasteiger partial charge in [-0.3, -0.25) is 4.79 Å². The van der Waals surface area contributed by atoms with E-state index < -0.39 is 0 Å². The molecular formula is C19H15BrN2O2. The molecule has 24 heavy (non-hydrogen) atoms. The fraction of sp³-hybridized carbons (Fsp3) is 0.0526. The smallest absolute Gasteiger partial charge is 0.244 e. The SMILES string of the molecule is O=C(Cc1ccccc1)N/N=C/c1ccc(-c2cccc(Br)c2)o1. The molecule has 3 rings (SSSR count). The Morgan fingerprint density at radius 1 is 1.08 bits per heavy atom. The van der Waals surface area contributed by atoms with E-state index >= 15 is 0 Å². The van der Waals surface area contributed by atoms with E-state index in [1.807, 2.05) is 66.7 Å². The first kappa shape index (κ1) is 16.2. The fourth-order valence-corrected chi connectivity index (χ4v) is 2.61. The Hall–Kier alpha value is -2.66. The van der Waals surface area contributed by atoms with Gasteiger partial charge in [-0.2, -0.15) is 5.10 Å². The highest BCUT2D eigenvalue weighted by atomic mass is 79.9. The van der Waals surface area contributed by atoms with Crippen molar-refractivity contribution in [3.8, 4) is 11.3 Å². The van der Waals surface area contributed by atoms with E-state index in [4.69, 9.17) is 4.42 Å². The monoisotopic (exact) mass is 382 g/mol. The minimum Gasteiger partial charge on any atom is -0.455 e. The van der Waals surface area contributed by atoms with Crippen LogP contribution in [0.4, 0.5) is 0 Å². The zero-order valence-corrected chi connectivity index (χ0v) is 14.4. The van der Waals surface area contributed by atoms with Crippen LogP contribution in [0.1, 0.15) is 11.3 Å². The maximum atomic E-state index is 11.8. The number of nitrogens with one attached hydrogen (secondary N) is 1. The molecule has 0 atom stereocenters. The Kier molecular flexibility index (Phi) is 5.23. The largest absolute Gasteiger partial charge is 0.455 e. The second-order valence-electron chi connectivity index (χ2n) is 5.17. The van der Waals surface area contributed by atoms with Gasteiger partial charge in [0.2, 0.25) is 5.91 Å². The lowest BCUT2D eigenvalue weighted by molar-refractivity contribution is -0.120. The lowest BCUT2D eigenvalue weighted by Gasteiger charge is -1.99. The van der Waals surface area contributed by atoms with Crippen LogP contribution in [0.3, 0.4) is 0 Å². The molecule has 5 heteroatoms. The molecule has 120 valence electrons. The minimum absolute atomic E-state index is 0.170. The first-order valence-electron chi connectivity index (χ1n) is 7.42. The summed E-state index contributed by atoms with van der Waals surface area (Å²) in [5.41, 5.74) is 4.41. The van der Waals surface area contributed by atoms with E-state index in [0.717, 1.165) is 21.4 Å². The Labute approximate surface area is 148 Å². The molecule has 1 heterocycles. The Balaban J connectivity index is 1.58. The number of hydrazone groups is 1. The molecule has 1 aromatic heterocycles. The van der Waals surface area contributed by atoms with Gasteiger partial charge < -0.3 is 4.42 Å². The molecular weight excluding hydrogens is 368 g/mol. The molecule has 0 aliphatic heterocycles. The summed E-state index contributed by atoms with van der Waals surface area (Å²) in [4.78, 5) is 11.8. The molecule has 0 unspecified atom stereocenters. The molecule has 0 spiro atoms. The van der Waals surface area contributed by atoms with Crippen LogP contribution in [0.25, 0.3) is 11.3 Å². The van der Waals surface area contributed by atoms with Gasteiger partial charge in [0.25, 0.3) is 0 Å². The van der Waals surface area contributed by atoms with Crippen molar-refractivity contribution in [1.82, 2.24) is 5.43 Å². The maximum absolute atomic E-state index is 11.8. The zero-order chi connectivity index (χ0) is 16.8. The molecule has 0 radical (unpaired) electrons. The first-order valence-corrected chi connectivity index (χ1v) is 8.21. The molecule has 0 fully saturated rings. The van der Waals surface area contributed by atoms with E-state index in [2.05, 4.69) is 26.5 Å². The highest BCUT2D eigenvalue weighted by Crippen LogP contribution is 2.24. The van der Waals surface area contributed by atoms with Crippen molar-refractivity contribution in [2.24, 2.45) is 5.10 Å². The molecule has 0 saturated carbocycles. The van der Waals surface area contributed by atoms with Crippen LogP contribution in [0, 0.1) is 0 Å². The van der Waals surface area contributed by atoms with Crippen molar-refractivity contribution in [3.05, 3.63) is 82.5 Å². The molecule has 1 N–H and O–H groups in total. The average molecular weight is 383 g/mol. The van der Waals surface area contributed by atoms with E-state index in [0.29, 0.717) is 12.2 Å². The number of hydrogen-bond donors (Lipinski definition) is 1. The predicted octanol–water partition coefficient (Wildman–Crippen LogP) is 4.40. The molecule has 3 aromatic rings. The summed E-state index contributed by atoms with van der Waals surface area (Å²) in [6.45, 7) is 0. The Morgan fingerprint density at radius 3 is 2.71 bits per heavy atom. The maximum Gasteiger partial charge on any atom is 0.244 e. The van der Waals surface area contributed by atoms with Crippen molar-refractivity contribution < 1.29 is 9.21 Å². The van der Waals surface area contributed by atoms with Crippen LogP contribution in [0.15, 0.2) is 80.7 Å². The predicted molar refractivity (Wildman–Crippen MR) is 97.7 cm³/mol. The number of carbonyl (C=O) groups is 1. The highest BCUT2D eigenvalue weighted by Gasteiger charge is 2.04. The lowest BCUT2D eigenvalue weighted by Crippen LogP contribution is -2.19. The summed E-state index contributed by atoms with van der Waals surface area (Å²) in [6, 6.07) is 21.0. The van der Waals surface area contributed by atoms with Gasteiger partial charge in [0.15, 0.2) is 0 Å². The van der Waals surface area contributed by atoms with E-state index in [1.54, 1.807) is 0 Å². The Morgan fingerprint density at radius 2 is 1.92 bits per heavy atom. The van der Waals surface area contributed by atoms with Gasteiger partial charge >= 0.3 is 0 Å². The normalized spacial score (nSPS) is 10.9. The zero-order valence-electron chi connectivity index (χ0n) is 12.8. The van der Waals surface area contributed by atoms with Gasteiger partial charge in [0, 0.05) is 10.0 Å². The van der Waals surface area contributed by atoms with Crippen molar-refractivity contribution in [3.63, 3.8) is 0 Å². The van der Waals surface area contributed by atoms with Crippen molar-refractivity contribution in [1.29, 1.82) is 0 Å². The molecule has 1 amide bonds. The van der Waals surface area contributed by atoms with Crippen LogP contribution >= 0.6 is 15.9 Å². The van der Waals surface area contributed by atoms with Gasteiger partial charge in [-0.1, -0.05) is 58.4 Å². The van der Waals surface area contributed by atoms with Crippen LogP contribution < -0.4 is 5.43 Å². The number of amides is 1. The van der Waals surface area contributed by atoms with Crippen molar-refractivity contribution in [2.75, 3.05) is 0 Å². The number of nitrogens with zero attached hydrogens (tertiary/aromatic N) is 1. The second kappa shape index (κ2) is 7.75. The van der Waals surface area contributed by atoms with E-state index in [1.165, 1.54) is 6.21 Å². The summed E-state index contributed by atoms with van der Waals surface area (Å²) in [7, 11) is 0. The Bertz CT molecular complexity index is 857. The van der Waals surface area contributed by atoms with E-state index in [9.17, 15) is 4.79 Å². The van der Waals surface area contributed by atoms with Gasteiger partial charge in [0.05, 0.1) is 12.6 Å². The standard InChI is InChI=1S/C19H15BrN2O2/c20-16-8-4-7-15(12-16)18-10-9-17(24-18)13-21-22-19(23)11-14-5-2-1-3-6-14/h1-10,12-13H,11H2,(H,22,23)/b21-13+. The topological polar surface area (TPSA) is 54.6 Å². The second-order valence-corrected chi connectivity index (χ2v) is 6.08. The third kappa shape index (κ3) is 4.43. The fourth-order valence-electron chi connectivity index (χ4n) is 2.21. The third-order valence-corrected chi connectivity index (χ3v) is 3.82. The minimum atomic E-state index is -0.170. The summed E-state index contributed by atoms with van der Waals surface area (Å²) < 4.78 is 6.69. The summed E-state index contributed by atoms with van der Waals surface area (Å²) in [5.74, 6) is 1.15. The molecule has 2 aromatic carbocycles. The molecule has 0 aliphatic rings. The first-order chi connectivity index (χ1) is 11.7. The van der Waals surface area contributed by atoms with Crippen LogP contribution in [-0.4, -0.2) is 12.1 Å². The van der Waals surface area contributed by atoms with Gasteiger partial charge in [0.1, 0.15) is 11.5 Å². The average Bonchev–Trinajstić information content (AvgIpc) is 3.05. The van der Waals surface area contributed by atoms with E-state index in [-0.39, 0.29) is 5.91 Å². The van der Waals surface area contributed by atoms with Gasteiger partial charge in [-0.15, -0.1) is 0 Å². The number of carbonyl (C=O) groups excluding carboxylic acids is 1.